The number of nitrogens with one attached hydrogen (secondary N) is 2. The molecule has 0 radical (unpaired) electrons. The first kappa shape index (κ1) is 24.1. The summed E-state index contributed by atoms with van der Waals surface area (Å²) in [5.41, 5.74) is 8.08. The zero-order chi connectivity index (χ0) is 22.5. The van der Waals surface area contributed by atoms with Gasteiger partial charge < -0.3 is 21.3 Å². The molecule has 0 aromatic heterocycles. The largest absolute Gasteiger partial charge is 0.344 e. The Labute approximate surface area is 193 Å². The number of carbonyl (C=O) groups is 3. The predicted octanol–water partition coefficient (Wildman–Crippen LogP) is 0.960. The van der Waals surface area contributed by atoms with Crippen LogP contribution in [0.2, 0.25) is 0 Å². The van der Waals surface area contributed by atoms with E-state index in [4.69, 9.17) is 5.73 Å². The summed E-state index contributed by atoms with van der Waals surface area (Å²) < 4.78 is 0. The highest BCUT2D eigenvalue weighted by atomic mass is 32.2. The molecule has 0 bridgehead atoms. The van der Waals surface area contributed by atoms with Crippen molar-refractivity contribution in [1.82, 2.24) is 15.5 Å². The van der Waals surface area contributed by atoms with Gasteiger partial charge in [0.1, 0.15) is 6.04 Å². The number of nitrogens with zero attached hydrogens (tertiary/aromatic N) is 1. The zero-order valence-electron chi connectivity index (χ0n) is 18.0. The molecule has 4 N–H and O–H groups in total. The Kier molecular flexibility index (Phi) is 8.43. The topological polar surface area (TPSA) is 105 Å². The van der Waals surface area contributed by atoms with E-state index in [0.717, 1.165) is 11.1 Å². The van der Waals surface area contributed by atoms with Crippen LogP contribution in [0, 0.1) is 5.92 Å². The van der Waals surface area contributed by atoms with Crippen LogP contribution in [-0.4, -0.2) is 64.0 Å². The molecule has 1 saturated heterocycles. The minimum atomic E-state index is -0.651. The summed E-state index contributed by atoms with van der Waals surface area (Å²) in [6, 6.07) is 6.13. The Morgan fingerprint density at radius 2 is 2.00 bits per heavy atom. The molecule has 2 aliphatic heterocycles. The van der Waals surface area contributed by atoms with Crippen LogP contribution in [0.1, 0.15) is 31.4 Å². The van der Waals surface area contributed by atoms with Crippen LogP contribution in [0.25, 0.3) is 0 Å². The maximum atomic E-state index is 13.6. The quantitative estimate of drug-likeness (QED) is 0.427. The Morgan fingerprint density at radius 3 is 2.61 bits per heavy atom. The highest BCUT2D eigenvalue weighted by Crippen LogP contribution is 2.26. The Bertz CT molecular complexity index is 820. The van der Waals surface area contributed by atoms with E-state index in [1.165, 1.54) is 11.8 Å². The number of hydrogen-bond acceptors (Lipinski definition) is 7. The van der Waals surface area contributed by atoms with Crippen molar-refractivity contribution in [3.05, 3.63) is 35.4 Å². The highest BCUT2D eigenvalue weighted by molar-refractivity contribution is 8.14. The van der Waals surface area contributed by atoms with E-state index < -0.39 is 18.1 Å². The van der Waals surface area contributed by atoms with Crippen molar-refractivity contribution in [2.24, 2.45) is 11.7 Å². The van der Waals surface area contributed by atoms with Crippen molar-refractivity contribution in [3.63, 3.8) is 0 Å². The van der Waals surface area contributed by atoms with E-state index in [1.54, 1.807) is 4.90 Å². The molecule has 1 aromatic carbocycles. The lowest BCUT2D eigenvalue weighted by atomic mass is 9.91. The number of nitrogens with two attached hydrogens (primary N) is 1. The lowest BCUT2D eigenvalue weighted by molar-refractivity contribution is -0.144. The SMILES string of the molecule is CC(C)[C@H](NCC(N)CS)C(=O)N1Cc2ccccc2C[C@@H]1C(=O)N[C@H]1CCSC1=O. The summed E-state index contributed by atoms with van der Waals surface area (Å²) in [6.07, 6.45) is 1.06. The molecule has 0 spiro atoms. The van der Waals surface area contributed by atoms with Crippen molar-refractivity contribution in [2.75, 3.05) is 18.1 Å². The maximum Gasteiger partial charge on any atom is 0.243 e. The van der Waals surface area contributed by atoms with Gasteiger partial charge in [-0.2, -0.15) is 12.6 Å². The molecule has 1 fully saturated rings. The normalized spacial score (nSPS) is 22.9. The molecule has 31 heavy (non-hydrogen) atoms. The van der Waals surface area contributed by atoms with Gasteiger partial charge >= 0.3 is 0 Å². The second kappa shape index (κ2) is 10.8. The van der Waals surface area contributed by atoms with Gasteiger partial charge in [0.2, 0.25) is 16.9 Å². The Hall–Kier alpha value is -1.55. The van der Waals surface area contributed by atoms with Crippen molar-refractivity contribution < 1.29 is 14.4 Å². The van der Waals surface area contributed by atoms with Gasteiger partial charge in [-0.3, -0.25) is 14.4 Å². The number of carbonyl (C=O) groups excluding carboxylic acids is 3. The van der Waals surface area contributed by atoms with E-state index in [2.05, 4.69) is 23.3 Å². The van der Waals surface area contributed by atoms with Crippen LogP contribution in [0.15, 0.2) is 24.3 Å². The number of rotatable bonds is 8. The fourth-order valence-corrected chi connectivity index (χ4v) is 5.08. The molecule has 1 unspecified atom stereocenters. The van der Waals surface area contributed by atoms with E-state index in [9.17, 15) is 14.4 Å². The summed E-state index contributed by atoms with van der Waals surface area (Å²) in [6.45, 7) is 4.78. The molecule has 1 aromatic rings. The lowest BCUT2D eigenvalue weighted by Gasteiger charge is -2.39. The first-order chi connectivity index (χ1) is 14.8. The molecule has 170 valence electrons. The van der Waals surface area contributed by atoms with Crippen LogP contribution in [-0.2, 0) is 27.3 Å². The van der Waals surface area contributed by atoms with Crippen LogP contribution < -0.4 is 16.4 Å². The van der Waals surface area contributed by atoms with Crippen molar-refractivity contribution in [3.8, 4) is 0 Å². The molecule has 0 saturated carbocycles. The first-order valence-electron chi connectivity index (χ1n) is 10.8. The minimum absolute atomic E-state index is 0.00935. The van der Waals surface area contributed by atoms with Crippen LogP contribution in [0.5, 0.6) is 0 Å². The molecular formula is C22H32N4O3S2. The molecular weight excluding hydrogens is 432 g/mol. The van der Waals surface area contributed by atoms with Crippen LogP contribution in [0.3, 0.4) is 0 Å². The second-order valence-electron chi connectivity index (χ2n) is 8.54. The van der Waals surface area contributed by atoms with E-state index in [-0.39, 0.29) is 28.9 Å². The fourth-order valence-electron chi connectivity index (χ4n) is 4.01. The molecule has 2 aliphatic rings. The summed E-state index contributed by atoms with van der Waals surface area (Å²) in [5.74, 6) is 0.862. The monoisotopic (exact) mass is 464 g/mol. The molecule has 4 atom stereocenters. The zero-order valence-corrected chi connectivity index (χ0v) is 19.8. The number of hydrogen-bond donors (Lipinski definition) is 4. The lowest BCUT2D eigenvalue weighted by Crippen LogP contribution is -2.60. The fraction of sp³-hybridized carbons (Fsp3) is 0.591. The summed E-state index contributed by atoms with van der Waals surface area (Å²) in [4.78, 5) is 40.5. The molecule has 0 aliphatic carbocycles. The van der Waals surface area contributed by atoms with Crippen LogP contribution in [0.4, 0.5) is 0 Å². The van der Waals surface area contributed by atoms with Gasteiger partial charge in [-0.1, -0.05) is 49.9 Å². The molecule has 2 amide bonds. The molecule has 3 rings (SSSR count). The summed E-state index contributed by atoms with van der Waals surface area (Å²) in [7, 11) is 0. The number of amides is 2. The molecule has 9 heteroatoms. The number of fused-ring (bicyclic) bond motifs is 1. The maximum absolute atomic E-state index is 13.6. The number of benzene rings is 1. The third kappa shape index (κ3) is 5.83. The predicted molar refractivity (Wildman–Crippen MR) is 127 cm³/mol. The summed E-state index contributed by atoms with van der Waals surface area (Å²) >= 11 is 5.46. The number of thioether (sulfide) groups is 1. The van der Waals surface area contributed by atoms with Gasteiger partial charge in [0.15, 0.2) is 0 Å². The van der Waals surface area contributed by atoms with Gasteiger partial charge in [-0.15, -0.1) is 0 Å². The van der Waals surface area contributed by atoms with Crippen molar-refractivity contribution in [2.45, 2.75) is 57.4 Å². The van der Waals surface area contributed by atoms with Gasteiger partial charge in [-0.05, 0) is 23.5 Å². The highest BCUT2D eigenvalue weighted by Gasteiger charge is 2.39. The average Bonchev–Trinajstić information content (AvgIpc) is 3.16. The van der Waals surface area contributed by atoms with Crippen molar-refractivity contribution in [1.29, 1.82) is 0 Å². The third-order valence-electron chi connectivity index (χ3n) is 5.85. The smallest absolute Gasteiger partial charge is 0.243 e. The second-order valence-corrected chi connectivity index (χ2v) is 10.0. The molecule has 7 nitrogen and oxygen atoms in total. The van der Waals surface area contributed by atoms with Gasteiger partial charge in [0.25, 0.3) is 0 Å². The standard InChI is InChI=1S/C22H32N4O3S2/c1-13(2)19(24-10-16(23)12-30)21(28)26-11-15-6-4-3-5-14(15)9-18(26)20(27)25-17-7-8-31-22(17)29/h3-6,13,16-19,24,30H,7-12,23H2,1-2H3,(H,25,27)/t16?,17-,18+,19-/m0/s1. The van der Waals surface area contributed by atoms with Crippen LogP contribution >= 0.6 is 24.4 Å². The van der Waals surface area contributed by atoms with E-state index in [0.29, 0.717) is 37.4 Å². The minimum Gasteiger partial charge on any atom is -0.344 e. The number of thiol groups is 1. The Balaban J connectivity index is 1.83. The molecule has 2 heterocycles. The summed E-state index contributed by atoms with van der Waals surface area (Å²) in [5, 5.41) is 6.15. The first-order valence-corrected chi connectivity index (χ1v) is 12.4. The average molecular weight is 465 g/mol. The van der Waals surface area contributed by atoms with E-state index in [1.807, 2.05) is 38.1 Å². The Morgan fingerprint density at radius 1 is 1.29 bits per heavy atom. The third-order valence-corrected chi connectivity index (χ3v) is 7.33. The van der Waals surface area contributed by atoms with Gasteiger partial charge in [-0.25, -0.2) is 0 Å². The van der Waals surface area contributed by atoms with E-state index >= 15 is 0 Å². The van der Waals surface area contributed by atoms with Gasteiger partial charge in [0.05, 0.1) is 12.1 Å². The van der Waals surface area contributed by atoms with Crippen molar-refractivity contribution >= 4 is 41.3 Å². The van der Waals surface area contributed by atoms with Gasteiger partial charge in [0, 0.05) is 37.1 Å².